The second kappa shape index (κ2) is 5.50. The molecule has 16 heavy (non-hydrogen) atoms. The Hall–Kier alpha value is -0.810. The van der Waals surface area contributed by atoms with Crippen molar-refractivity contribution in [2.75, 3.05) is 19.8 Å². The molecule has 3 N–H and O–H groups in total. The Labute approximate surface area is 96.2 Å². The number of likely N-dealkylation sites (tertiary alicyclic amines) is 1. The number of ether oxygens (including phenoxy) is 1. The zero-order valence-electron chi connectivity index (χ0n) is 9.64. The zero-order valence-corrected chi connectivity index (χ0v) is 9.64. The minimum atomic E-state index is 0.102. The molecular formula is C11H21N3O2. The average Bonchev–Trinajstić information content (AvgIpc) is 2.39. The standard InChI is InChI=1S/C11H21N3O2/c12-11(13-15)10-5-1-2-6-14(10)9-4-3-7-16-8-9/h9-10,15H,1-8H2,(H2,12,13). The topological polar surface area (TPSA) is 71.1 Å². The van der Waals surface area contributed by atoms with Gasteiger partial charge in [-0.25, -0.2) is 0 Å². The van der Waals surface area contributed by atoms with Crippen molar-refractivity contribution in [2.24, 2.45) is 10.9 Å². The summed E-state index contributed by atoms with van der Waals surface area (Å²) in [5.74, 6) is 0.352. The molecule has 2 saturated heterocycles. The van der Waals surface area contributed by atoms with Crippen LogP contribution in [0.5, 0.6) is 0 Å². The molecule has 2 fully saturated rings. The van der Waals surface area contributed by atoms with E-state index in [1.165, 1.54) is 6.42 Å². The van der Waals surface area contributed by atoms with Gasteiger partial charge in [-0.2, -0.15) is 0 Å². The maximum atomic E-state index is 8.81. The van der Waals surface area contributed by atoms with E-state index in [-0.39, 0.29) is 6.04 Å². The van der Waals surface area contributed by atoms with Gasteiger partial charge in [0, 0.05) is 12.6 Å². The highest BCUT2D eigenvalue weighted by Gasteiger charge is 2.32. The highest BCUT2D eigenvalue weighted by molar-refractivity contribution is 5.85. The first kappa shape index (κ1) is 11.7. The first-order chi connectivity index (χ1) is 7.83. The van der Waals surface area contributed by atoms with E-state index in [2.05, 4.69) is 10.1 Å². The van der Waals surface area contributed by atoms with Crippen LogP contribution in [0.25, 0.3) is 0 Å². The summed E-state index contributed by atoms with van der Waals surface area (Å²) < 4.78 is 5.51. The number of nitrogens with zero attached hydrogens (tertiary/aromatic N) is 2. The maximum Gasteiger partial charge on any atom is 0.156 e. The fourth-order valence-corrected chi connectivity index (χ4v) is 2.76. The molecule has 92 valence electrons. The lowest BCUT2D eigenvalue weighted by molar-refractivity contribution is 0.000764. The number of nitrogens with two attached hydrogens (primary N) is 1. The smallest absolute Gasteiger partial charge is 0.156 e. The summed E-state index contributed by atoms with van der Waals surface area (Å²) in [4.78, 5) is 2.36. The molecule has 2 atom stereocenters. The lowest BCUT2D eigenvalue weighted by Gasteiger charge is -2.41. The SMILES string of the molecule is NC(=NO)C1CCCCN1C1CCCOC1. The van der Waals surface area contributed by atoms with Gasteiger partial charge in [-0.3, -0.25) is 4.90 Å². The van der Waals surface area contributed by atoms with E-state index in [1.54, 1.807) is 0 Å². The summed E-state index contributed by atoms with van der Waals surface area (Å²) in [6.07, 6.45) is 5.63. The number of rotatable bonds is 2. The predicted octanol–water partition coefficient (Wildman–Crippen LogP) is 0.766. The first-order valence-electron chi connectivity index (χ1n) is 6.14. The molecule has 0 radical (unpaired) electrons. The van der Waals surface area contributed by atoms with Crippen LogP contribution in [0.15, 0.2) is 5.16 Å². The molecule has 0 saturated carbocycles. The molecule has 2 aliphatic heterocycles. The Morgan fingerprint density at radius 1 is 1.31 bits per heavy atom. The van der Waals surface area contributed by atoms with Crippen LogP contribution in [0.4, 0.5) is 0 Å². The van der Waals surface area contributed by atoms with E-state index in [9.17, 15) is 0 Å². The van der Waals surface area contributed by atoms with Crippen molar-refractivity contribution in [2.45, 2.75) is 44.2 Å². The van der Waals surface area contributed by atoms with Gasteiger partial charge in [0.1, 0.15) is 0 Å². The van der Waals surface area contributed by atoms with Crippen molar-refractivity contribution >= 4 is 5.84 Å². The molecule has 0 aromatic rings. The number of piperidine rings is 1. The Balaban J connectivity index is 2.03. The second-order valence-corrected chi connectivity index (χ2v) is 4.65. The zero-order chi connectivity index (χ0) is 11.4. The van der Waals surface area contributed by atoms with Crippen LogP contribution in [-0.4, -0.2) is 47.8 Å². The number of oxime groups is 1. The summed E-state index contributed by atoms with van der Waals surface area (Å²) in [6.45, 7) is 2.70. The Morgan fingerprint density at radius 3 is 2.88 bits per heavy atom. The molecule has 0 spiro atoms. The molecule has 0 aromatic heterocycles. The quantitative estimate of drug-likeness (QED) is 0.316. The molecule has 2 heterocycles. The van der Waals surface area contributed by atoms with E-state index >= 15 is 0 Å². The van der Waals surface area contributed by atoms with Gasteiger partial charge in [0.15, 0.2) is 5.84 Å². The van der Waals surface area contributed by atoms with Crippen LogP contribution in [0.2, 0.25) is 0 Å². The van der Waals surface area contributed by atoms with E-state index in [4.69, 9.17) is 15.7 Å². The Kier molecular flexibility index (Phi) is 4.01. The van der Waals surface area contributed by atoms with Crippen molar-refractivity contribution in [1.82, 2.24) is 4.90 Å². The fraction of sp³-hybridized carbons (Fsp3) is 0.909. The largest absolute Gasteiger partial charge is 0.409 e. The molecule has 0 aromatic carbocycles. The summed E-state index contributed by atoms with van der Waals surface area (Å²) in [7, 11) is 0. The van der Waals surface area contributed by atoms with E-state index in [0.717, 1.165) is 45.4 Å². The van der Waals surface area contributed by atoms with Crippen LogP contribution < -0.4 is 5.73 Å². The molecule has 2 unspecified atom stereocenters. The molecule has 0 amide bonds. The van der Waals surface area contributed by atoms with Gasteiger partial charge in [0.2, 0.25) is 0 Å². The molecular weight excluding hydrogens is 206 g/mol. The monoisotopic (exact) mass is 227 g/mol. The van der Waals surface area contributed by atoms with E-state index in [0.29, 0.717) is 11.9 Å². The first-order valence-corrected chi connectivity index (χ1v) is 6.14. The van der Waals surface area contributed by atoms with Crippen LogP contribution in [0, 0.1) is 0 Å². The van der Waals surface area contributed by atoms with Crippen LogP contribution in [0.3, 0.4) is 0 Å². The number of amidine groups is 1. The Bertz CT molecular complexity index is 252. The number of hydrogen-bond donors (Lipinski definition) is 2. The van der Waals surface area contributed by atoms with Gasteiger partial charge in [-0.05, 0) is 32.2 Å². The van der Waals surface area contributed by atoms with Gasteiger partial charge >= 0.3 is 0 Å². The number of hydrogen-bond acceptors (Lipinski definition) is 4. The van der Waals surface area contributed by atoms with Crippen molar-refractivity contribution in [1.29, 1.82) is 0 Å². The molecule has 5 heteroatoms. The minimum absolute atomic E-state index is 0.102. The summed E-state index contributed by atoms with van der Waals surface area (Å²) in [5.41, 5.74) is 5.76. The predicted molar refractivity (Wildman–Crippen MR) is 61.6 cm³/mol. The summed E-state index contributed by atoms with van der Waals surface area (Å²) >= 11 is 0. The molecule has 0 aliphatic carbocycles. The lowest BCUT2D eigenvalue weighted by Crippen LogP contribution is -2.54. The average molecular weight is 227 g/mol. The van der Waals surface area contributed by atoms with Crippen molar-refractivity contribution in [3.05, 3.63) is 0 Å². The van der Waals surface area contributed by atoms with Gasteiger partial charge < -0.3 is 15.7 Å². The Morgan fingerprint density at radius 2 is 2.19 bits per heavy atom. The summed E-state index contributed by atoms with van der Waals surface area (Å²) in [5, 5.41) is 12.0. The van der Waals surface area contributed by atoms with Crippen LogP contribution >= 0.6 is 0 Å². The highest BCUT2D eigenvalue weighted by Crippen LogP contribution is 2.23. The normalized spacial score (nSPS) is 33.9. The molecule has 2 aliphatic rings. The molecule has 2 rings (SSSR count). The molecule has 0 bridgehead atoms. The van der Waals surface area contributed by atoms with Crippen LogP contribution in [0.1, 0.15) is 32.1 Å². The molecule has 5 nitrogen and oxygen atoms in total. The van der Waals surface area contributed by atoms with E-state index < -0.39 is 0 Å². The maximum absolute atomic E-state index is 8.81. The second-order valence-electron chi connectivity index (χ2n) is 4.65. The highest BCUT2D eigenvalue weighted by atomic mass is 16.5. The summed E-state index contributed by atoms with van der Waals surface area (Å²) in [6, 6.07) is 0.546. The van der Waals surface area contributed by atoms with E-state index in [1.807, 2.05) is 0 Å². The van der Waals surface area contributed by atoms with Gasteiger partial charge in [-0.1, -0.05) is 11.6 Å². The third-order valence-electron chi connectivity index (χ3n) is 3.61. The fourth-order valence-electron chi connectivity index (χ4n) is 2.76. The minimum Gasteiger partial charge on any atom is -0.409 e. The van der Waals surface area contributed by atoms with Gasteiger partial charge in [0.25, 0.3) is 0 Å². The van der Waals surface area contributed by atoms with Gasteiger partial charge in [0.05, 0.1) is 12.6 Å². The van der Waals surface area contributed by atoms with Gasteiger partial charge in [-0.15, -0.1) is 0 Å². The van der Waals surface area contributed by atoms with Crippen molar-refractivity contribution in [3.8, 4) is 0 Å². The third-order valence-corrected chi connectivity index (χ3v) is 3.61. The van der Waals surface area contributed by atoms with Crippen LogP contribution in [-0.2, 0) is 4.74 Å². The van der Waals surface area contributed by atoms with Crippen molar-refractivity contribution < 1.29 is 9.94 Å². The lowest BCUT2D eigenvalue weighted by atomic mass is 9.97. The third kappa shape index (κ3) is 2.47. The van der Waals surface area contributed by atoms with Crippen molar-refractivity contribution in [3.63, 3.8) is 0 Å².